The van der Waals surface area contributed by atoms with E-state index in [1.54, 1.807) is 6.20 Å². The zero-order valence-electron chi connectivity index (χ0n) is 4.09. The Bertz CT molecular complexity index is 118. The molecule has 0 aliphatic rings. The SMILES string of the molecule is [B-][n+]1[c-]occ1.[Li+]. The van der Waals surface area contributed by atoms with Gasteiger partial charge >= 0.3 is 18.9 Å². The van der Waals surface area contributed by atoms with Gasteiger partial charge in [-0.15, -0.1) is 7.98 Å². The zero-order valence-corrected chi connectivity index (χ0v) is 4.09. The summed E-state index contributed by atoms with van der Waals surface area (Å²) in [6.45, 7) is 0. The maximum Gasteiger partial charge on any atom is 1.00 e. The van der Waals surface area contributed by atoms with Crippen LogP contribution in [0.4, 0.5) is 0 Å². The van der Waals surface area contributed by atoms with Gasteiger partial charge in [-0.05, 0) is 12.5 Å². The van der Waals surface area contributed by atoms with Crippen LogP contribution < -0.4 is 23.3 Å². The van der Waals surface area contributed by atoms with E-state index in [-0.39, 0.29) is 18.9 Å². The second kappa shape index (κ2) is 2.95. The number of oxazole rings is 1. The topological polar surface area (TPSA) is 17.0 Å². The maximum absolute atomic E-state index is 5.05. The Balaban J connectivity index is 0.000000360. The van der Waals surface area contributed by atoms with Crippen molar-refractivity contribution in [3.05, 3.63) is 18.9 Å². The number of nitrogens with zero attached hydrogens (tertiary/aromatic N) is 1. The summed E-state index contributed by atoms with van der Waals surface area (Å²) in [6, 6.07) is 0. The molecular weight excluding hydrogens is 83.8 g/mol. The summed E-state index contributed by atoms with van der Waals surface area (Å²) in [4.78, 5) is 0. The third-order valence-electron chi connectivity index (χ3n) is 0.448. The fraction of sp³-hybridized carbons (Fsp3) is 0. The maximum atomic E-state index is 5.05. The van der Waals surface area contributed by atoms with Crippen molar-refractivity contribution >= 4 is 7.98 Å². The van der Waals surface area contributed by atoms with Crippen LogP contribution in [0.25, 0.3) is 0 Å². The van der Waals surface area contributed by atoms with Gasteiger partial charge in [0.25, 0.3) is 0 Å². The van der Waals surface area contributed by atoms with Crippen molar-refractivity contribution in [2.45, 2.75) is 0 Å². The Kier molecular flexibility index (Phi) is 2.90. The van der Waals surface area contributed by atoms with Crippen LogP contribution in [0, 0.1) is 6.39 Å². The summed E-state index contributed by atoms with van der Waals surface area (Å²) < 4.78 is 5.64. The summed E-state index contributed by atoms with van der Waals surface area (Å²) in [5, 5.41) is 0. The predicted molar refractivity (Wildman–Crippen MR) is 18.9 cm³/mol. The van der Waals surface area contributed by atoms with Crippen molar-refractivity contribution < 1.29 is 27.8 Å². The van der Waals surface area contributed by atoms with E-state index in [9.17, 15) is 0 Å². The van der Waals surface area contributed by atoms with E-state index < -0.39 is 0 Å². The first-order valence-electron chi connectivity index (χ1n) is 1.51. The molecular formula is C3H2BLiNO. The smallest absolute Gasteiger partial charge is 0.590 e. The minimum atomic E-state index is 0. The molecule has 0 saturated heterocycles. The van der Waals surface area contributed by atoms with Crippen LogP contribution in [0.15, 0.2) is 16.9 Å². The first kappa shape index (κ1) is 6.87. The Labute approximate surface area is 55.1 Å². The molecule has 0 fully saturated rings. The van der Waals surface area contributed by atoms with Crippen molar-refractivity contribution in [1.82, 2.24) is 0 Å². The predicted octanol–water partition coefficient (Wildman–Crippen LogP) is -3.70. The summed E-state index contributed by atoms with van der Waals surface area (Å²) in [7, 11) is 5.05. The van der Waals surface area contributed by atoms with Crippen LogP contribution in [0.3, 0.4) is 0 Å². The summed E-state index contributed by atoms with van der Waals surface area (Å²) in [5.41, 5.74) is 0. The Morgan fingerprint density at radius 1 is 1.71 bits per heavy atom. The van der Waals surface area contributed by atoms with Crippen LogP contribution in [-0.2, 0) is 0 Å². The molecule has 0 spiro atoms. The van der Waals surface area contributed by atoms with Crippen LogP contribution in [-0.4, -0.2) is 7.98 Å². The molecule has 2 nitrogen and oxygen atoms in total. The van der Waals surface area contributed by atoms with E-state index in [4.69, 9.17) is 7.98 Å². The fourth-order valence-corrected chi connectivity index (χ4v) is 0.218. The Hall–Kier alpha value is -0.128. The standard InChI is InChI=1S/C3H2BNO.Li/c4-5-1-2-6-3-5;/h1-2H;/q-1;+1. The van der Waals surface area contributed by atoms with E-state index in [1.165, 1.54) is 10.7 Å². The molecule has 29 valence electrons. The van der Waals surface area contributed by atoms with Gasteiger partial charge in [-0.25, -0.2) is 0 Å². The number of hydrogen-bond donors (Lipinski definition) is 0. The molecule has 1 aromatic rings. The Morgan fingerprint density at radius 2 is 2.43 bits per heavy atom. The molecule has 1 aromatic heterocycles. The largest absolute Gasteiger partial charge is 1.00 e. The van der Waals surface area contributed by atoms with E-state index in [1.807, 2.05) is 0 Å². The molecule has 0 saturated carbocycles. The summed E-state index contributed by atoms with van der Waals surface area (Å²) in [6.07, 6.45) is 5.32. The van der Waals surface area contributed by atoms with Crippen LogP contribution in [0.5, 0.6) is 0 Å². The van der Waals surface area contributed by atoms with Gasteiger partial charge in [-0.2, -0.15) is 0 Å². The molecule has 0 unspecified atom stereocenters. The molecule has 1 heterocycles. The van der Waals surface area contributed by atoms with Gasteiger partial charge in [-0.3, -0.25) is 0 Å². The third kappa shape index (κ3) is 1.86. The second-order valence-electron chi connectivity index (χ2n) is 0.902. The van der Waals surface area contributed by atoms with Gasteiger partial charge in [0.05, 0.1) is 0 Å². The molecule has 0 amide bonds. The normalized spacial score (nSPS) is 7.57. The summed E-state index contributed by atoms with van der Waals surface area (Å²) in [5.74, 6) is 0. The second-order valence-corrected chi connectivity index (χ2v) is 0.902. The summed E-state index contributed by atoms with van der Waals surface area (Å²) >= 11 is 0. The monoisotopic (exact) mass is 86.0 g/mol. The van der Waals surface area contributed by atoms with Gasteiger partial charge in [0.2, 0.25) is 6.39 Å². The molecule has 4 heteroatoms. The number of aromatic nitrogens is 1. The minimum Gasteiger partial charge on any atom is -0.590 e. The number of hydrogen-bond acceptors (Lipinski definition) is 1. The van der Waals surface area contributed by atoms with Crippen molar-refractivity contribution in [1.29, 1.82) is 0 Å². The molecule has 0 aliphatic carbocycles. The van der Waals surface area contributed by atoms with Crippen LogP contribution in [0.2, 0.25) is 0 Å². The van der Waals surface area contributed by atoms with E-state index in [0.717, 1.165) is 0 Å². The van der Waals surface area contributed by atoms with Gasteiger partial charge in [0.1, 0.15) is 0 Å². The van der Waals surface area contributed by atoms with E-state index >= 15 is 0 Å². The average Bonchev–Trinajstić information content (AvgIpc) is 1.86. The van der Waals surface area contributed by atoms with Crippen molar-refractivity contribution in [2.24, 2.45) is 0 Å². The Morgan fingerprint density at radius 3 is 2.57 bits per heavy atom. The minimum absolute atomic E-state index is 0. The van der Waals surface area contributed by atoms with Gasteiger partial charge < -0.3 is 8.90 Å². The molecule has 0 aromatic carbocycles. The first-order chi connectivity index (χ1) is 2.89. The molecule has 1 rings (SSSR count). The third-order valence-corrected chi connectivity index (χ3v) is 0.448. The first-order valence-corrected chi connectivity index (χ1v) is 1.51. The van der Waals surface area contributed by atoms with Gasteiger partial charge in [0.15, 0.2) is 0 Å². The van der Waals surface area contributed by atoms with Crippen molar-refractivity contribution in [3.8, 4) is 0 Å². The van der Waals surface area contributed by atoms with E-state index in [0.29, 0.717) is 0 Å². The molecule has 3 radical (unpaired) electrons. The zero-order chi connectivity index (χ0) is 4.41. The molecule has 0 N–H and O–H groups in total. The molecule has 0 bridgehead atoms. The molecule has 0 aliphatic heterocycles. The molecule has 7 heavy (non-hydrogen) atoms. The van der Waals surface area contributed by atoms with Gasteiger partial charge in [-0.1, -0.05) is 0 Å². The number of rotatable bonds is 0. The molecule has 0 atom stereocenters. The fourth-order valence-electron chi connectivity index (χ4n) is 0.218. The van der Waals surface area contributed by atoms with Crippen molar-refractivity contribution in [2.75, 3.05) is 0 Å². The van der Waals surface area contributed by atoms with Crippen LogP contribution >= 0.6 is 0 Å². The average molecular weight is 85.8 g/mol. The van der Waals surface area contributed by atoms with E-state index in [2.05, 4.69) is 10.8 Å². The quantitative estimate of drug-likeness (QED) is 0.234. The van der Waals surface area contributed by atoms with Gasteiger partial charge in [0, 0.05) is 0 Å². The van der Waals surface area contributed by atoms with Crippen molar-refractivity contribution in [3.63, 3.8) is 0 Å². The van der Waals surface area contributed by atoms with Crippen LogP contribution in [0.1, 0.15) is 0 Å².